The number of thioether (sulfide) groups is 1. The van der Waals surface area contributed by atoms with E-state index >= 15 is 0 Å². The van der Waals surface area contributed by atoms with Gasteiger partial charge in [-0.1, -0.05) is 32.6 Å². The second-order valence-corrected chi connectivity index (χ2v) is 10.1. The van der Waals surface area contributed by atoms with Gasteiger partial charge < -0.3 is 24.3 Å². The normalized spacial score (nSPS) is 21.3. The monoisotopic (exact) mass is 461 g/mol. The van der Waals surface area contributed by atoms with E-state index in [1.165, 1.54) is 38.1 Å². The number of amides is 1. The number of carbonyl (C=O) groups excluding carboxylic acids is 3. The molecule has 0 aromatic carbocycles. The molecule has 1 N–H and O–H groups in total. The summed E-state index contributed by atoms with van der Waals surface area (Å²) < 4.78 is 21.4. The minimum atomic E-state index is -0.878. The van der Waals surface area contributed by atoms with Gasteiger partial charge >= 0.3 is 12.1 Å². The summed E-state index contributed by atoms with van der Waals surface area (Å²) in [4.78, 5) is 36.5. The number of nitrogens with one attached hydrogen (secondary N) is 1. The van der Waals surface area contributed by atoms with Gasteiger partial charge in [0, 0.05) is 17.4 Å². The highest BCUT2D eigenvalue weighted by atomic mass is 32.2. The highest BCUT2D eigenvalue weighted by Gasteiger charge is 2.33. The first-order chi connectivity index (χ1) is 14.6. The Hall–Kier alpha value is -1.32. The zero-order chi connectivity index (χ0) is 23.4. The predicted octanol–water partition coefficient (Wildman–Crippen LogP) is 3.85. The van der Waals surface area contributed by atoms with E-state index in [4.69, 9.17) is 18.9 Å². The number of hydrogen-bond donors (Lipinski definition) is 1. The van der Waals surface area contributed by atoms with Gasteiger partial charge in [-0.3, -0.25) is 4.79 Å². The molecular weight excluding hydrogens is 422 g/mol. The molecule has 0 saturated carbocycles. The third kappa shape index (κ3) is 11.8. The molecule has 31 heavy (non-hydrogen) atoms. The number of esters is 1. The second-order valence-electron chi connectivity index (χ2n) is 8.81. The largest absolute Gasteiger partial charge is 0.467 e. The summed E-state index contributed by atoms with van der Waals surface area (Å²) in [5.74, 6) is -0.426. The Balaban J connectivity index is 2.45. The molecule has 0 aromatic heterocycles. The summed E-state index contributed by atoms with van der Waals surface area (Å²) >= 11 is 1.38. The van der Waals surface area contributed by atoms with Crippen molar-refractivity contribution < 1.29 is 33.3 Å². The summed E-state index contributed by atoms with van der Waals surface area (Å²) in [5.41, 5.74) is -0.677. The fourth-order valence-corrected chi connectivity index (χ4v) is 4.16. The van der Waals surface area contributed by atoms with E-state index in [1.54, 1.807) is 20.8 Å². The van der Waals surface area contributed by atoms with Crippen molar-refractivity contribution in [3.63, 3.8) is 0 Å². The van der Waals surface area contributed by atoms with Crippen molar-refractivity contribution in [3.8, 4) is 0 Å². The number of alkyl carbamates (subject to hydrolysis) is 1. The van der Waals surface area contributed by atoms with Gasteiger partial charge in [-0.2, -0.15) is 11.8 Å². The number of hydrogen-bond acceptors (Lipinski definition) is 8. The first-order valence-electron chi connectivity index (χ1n) is 11.0. The lowest BCUT2D eigenvalue weighted by molar-refractivity contribution is -0.190. The van der Waals surface area contributed by atoms with Crippen LogP contribution in [0.5, 0.6) is 0 Å². The lowest BCUT2D eigenvalue weighted by Gasteiger charge is -2.30. The topological polar surface area (TPSA) is 100 Å². The average Bonchev–Trinajstić information content (AvgIpc) is 2.68. The van der Waals surface area contributed by atoms with Gasteiger partial charge in [0.05, 0.1) is 19.8 Å². The van der Waals surface area contributed by atoms with Gasteiger partial charge in [0.25, 0.3) is 0 Å². The number of Topliss-reactive ketones (excluding diaryl/α,β-unsaturated/α-hetero) is 1. The van der Waals surface area contributed by atoms with Crippen LogP contribution in [0.3, 0.4) is 0 Å². The quantitative estimate of drug-likeness (QED) is 0.346. The standard InChI is InChI=1S/C22H39NO7S/c1-7-8-9-10-11-15(2)29-20-18(24)12-16(13-28-20)31-14-17(19(25)27-6)23-21(26)30-22(3,4)5/h15-17,20H,7-14H2,1-6H3,(H,23,26)/t15-,16-,17-,20-/m0/s1. The van der Waals surface area contributed by atoms with Crippen LogP contribution in [0, 0.1) is 0 Å². The smallest absolute Gasteiger partial charge is 0.408 e. The summed E-state index contributed by atoms with van der Waals surface area (Å²) in [6.45, 7) is 9.69. The molecule has 0 bridgehead atoms. The van der Waals surface area contributed by atoms with Crippen LogP contribution in [-0.2, 0) is 28.5 Å². The maximum Gasteiger partial charge on any atom is 0.408 e. The Morgan fingerprint density at radius 3 is 2.55 bits per heavy atom. The molecule has 1 fully saturated rings. The SMILES string of the molecule is CCCCCC[C@H](C)O[C@@H]1OC[C@@H](SC[C@H](NC(=O)OC(C)(C)C)C(=O)OC)CC1=O. The minimum absolute atomic E-state index is 0.0308. The molecule has 180 valence electrons. The molecule has 1 amide bonds. The zero-order valence-corrected chi connectivity index (χ0v) is 20.5. The molecule has 0 radical (unpaired) electrons. The maximum absolute atomic E-state index is 12.4. The van der Waals surface area contributed by atoms with Crippen molar-refractivity contribution in [3.05, 3.63) is 0 Å². The molecule has 1 aliphatic rings. The van der Waals surface area contributed by atoms with Gasteiger partial charge in [-0.25, -0.2) is 9.59 Å². The van der Waals surface area contributed by atoms with Gasteiger partial charge in [0.1, 0.15) is 11.6 Å². The first-order valence-corrected chi connectivity index (χ1v) is 12.1. The molecule has 9 heteroatoms. The van der Waals surface area contributed by atoms with E-state index in [9.17, 15) is 14.4 Å². The molecule has 4 atom stereocenters. The van der Waals surface area contributed by atoms with Crippen molar-refractivity contribution >= 4 is 29.6 Å². The van der Waals surface area contributed by atoms with Crippen molar-refractivity contribution in [1.29, 1.82) is 0 Å². The molecule has 0 aromatic rings. The zero-order valence-electron chi connectivity index (χ0n) is 19.7. The Morgan fingerprint density at radius 1 is 1.26 bits per heavy atom. The van der Waals surface area contributed by atoms with Crippen molar-refractivity contribution in [2.45, 2.75) is 102 Å². The molecule has 1 saturated heterocycles. The van der Waals surface area contributed by atoms with Crippen LogP contribution in [0.25, 0.3) is 0 Å². The molecular formula is C22H39NO7S. The van der Waals surface area contributed by atoms with Gasteiger partial charge in [0.15, 0.2) is 5.78 Å². The lowest BCUT2D eigenvalue weighted by atomic mass is 10.1. The molecule has 0 unspecified atom stereocenters. The Labute approximate surface area is 190 Å². The summed E-state index contributed by atoms with van der Waals surface area (Å²) in [6.07, 6.45) is 4.28. The average molecular weight is 462 g/mol. The molecule has 1 heterocycles. The van der Waals surface area contributed by atoms with Crippen molar-refractivity contribution in [1.82, 2.24) is 5.32 Å². The van der Waals surface area contributed by atoms with Crippen LogP contribution in [0.15, 0.2) is 0 Å². The Kier molecular flexibility index (Phi) is 12.5. The van der Waals surface area contributed by atoms with Crippen LogP contribution in [0.4, 0.5) is 4.79 Å². The summed E-state index contributed by atoms with van der Waals surface area (Å²) in [5, 5.41) is 2.41. The van der Waals surface area contributed by atoms with E-state index in [0.29, 0.717) is 6.61 Å². The van der Waals surface area contributed by atoms with Crippen LogP contribution in [0.2, 0.25) is 0 Å². The van der Waals surface area contributed by atoms with E-state index in [2.05, 4.69) is 12.2 Å². The highest BCUT2D eigenvalue weighted by Crippen LogP contribution is 2.25. The second kappa shape index (κ2) is 14.0. The molecule has 0 spiro atoms. The summed E-state index contributed by atoms with van der Waals surface area (Å²) in [7, 11) is 1.26. The van der Waals surface area contributed by atoms with Crippen LogP contribution < -0.4 is 5.32 Å². The van der Waals surface area contributed by atoms with Crippen LogP contribution in [-0.4, -0.2) is 66.6 Å². The van der Waals surface area contributed by atoms with Crippen molar-refractivity contribution in [2.24, 2.45) is 0 Å². The van der Waals surface area contributed by atoms with Crippen molar-refractivity contribution in [2.75, 3.05) is 19.5 Å². The fraction of sp³-hybridized carbons (Fsp3) is 0.864. The lowest BCUT2D eigenvalue weighted by Crippen LogP contribution is -2.46. The number of rotatable bonds is 12. The number of methoxy groups -OCH3 is 1. The van der Waals surface area contributed by atoms with E-state index in [-0.39, 0.29) is 29.3 Å². The van der Waals surface area contributed by atoms with Crippen LogP contribution >= 0.6 is 11.8 Å². The molecule has 8 nitrogen and oxygen atoms in total. The fourth-order valence-electron chi connectivity index (χ4n) is 3.02. The minimum Gasteiger partial charge on any atom is -0.467 e. The number of unbranched alkanes of at least 4 members (excludes halogenated alkanes) is 3. The van der Waals surface area contributed by atoms with Gasteiger partial charge in [-0.05, 0) is 34.1 Å². The van der Waals surface area contributed by atoms with Gasteiger partial charge in [0.2, 0.25) is 6.29 Å². The third-order valence-electron chi connectivity index (χ3n) is 4.62. The van der Waals surface area contributed by atoms with E-state index in [1.807, 2.05) is 6.92 Å². The summed E-state index contributed by atoms with van der Waals surface area (Å²) in [6, 6.07) is -0.878. The number of ketones is 1. The molecule has 0 aliphatic carbocycles. The number of carbonyl (C=O) groups is 3. The molecule has 1 aliphatic heterocycles. The number of ether oxygens (including phenoxy) is 4. The predicted molar refractivity (Wildman–Crippen MR) is 120 cm³/mol. The van der Waals surface area contributed by atoms with E-state index < -0.39 is 30.0 Å². The highest BCUT2D eigenvalue weighted by molar-refractivity contribution is 8.00. The Morgan fingerprint density at radius 2 is 1.97 bits per heavy atom. The first kappa shape index (κ1) is 27.7. The Bertz CT molecular complexity index is 579. The van der Waals surface area contributed by atoms with Crippen LogP contribution in [0.1, 0.15) is 73.1 Å². The third-order valence-corrected chi connectivity index (χ3v) is 5.92. The van der Waals surface area contributed by atoms with E-state index in [0.717, 1.165) is 12.8 Å². The molecule has 1 rings (SSSR count). The van der Waals surface area contributed by atoms with Gasteiger partial charge in [-0.15, -0.1) is 0 Å². The maximum atomic E-state index is 12.4.